The Bertz CT molecular complexity index is 556. The Kier molecular flexibility index (Phi) is 5.69. The van der Waals surface area contributed by atoms with Crippen molar-refractivity contribution in [2.24, 2.45) is 0 Å². The van der Waals surface area contributed by atoms with Crippen LogP contribution in [0, 0.1) is 0 Å². The van der Waals surface area contributed by atoms with E-state index in [9.17, 15) is 25.2 Å². The third kappa shape index (κ3) is 4.06. The molecule has 0 radical (unpaired) electrons. The molecule has 0 saturated carbocycles. The van der Waals surface area contributed by atoms with Gasteiger partial charge in [-0.3, -0.25) is 0 Å². The van der Waals surface area contributed by atoms with Gasteiger partial charge < -0.3 is 35.0 Å². The van der Waals surface area contributed by atoms with Gasteiger partial charge in [0, 0.05) is 0 Å². The molecule has 1 aromatic carbocycles. The first-order chi connectivity index (χ1) is 10.9. The van der Waals surface area contributed by atoms with Crippen LogP contribution in [-0.2, 0) is 14.3 Å². The standard InChI is InChI=1S/C15H18O8/c16-7-10-11(17)12(18)13(19)15(23-10)22-9(14(20)21)6-8-4-2-1-3-5-8/h1-6,10-13,15-19H,7H2,(H,20,21)/t10-,11-,12+,13-,15?/m1/s1. The first-order valence-electron chi connectivity index (χ1n) is 6.91. The van der Waals surface area contributed by atoms with Gasteiger partial charge in [0.1, 0.15) is 24.4 Å². The van der Waals surface area contributed by atoms with Crippen molar-refractivity contribution < 1.29 is 39.8 Å². The summed E-state index contributed by atoms with van der Waals surface area (Å²) in [4.78, 5) is 11.3. The van der Waals surface area contributed by atoms with Crippen LogP contribution >= 0.6 is 0 Å². The zero-order valence-corrected chi connectivity index (χ0v) is 12.0. The Labute approximate surface area is 131 Å². The summed E-state index contributed by atoms with van der Waals surface area (Å²) in [7, 11) is 0. The van der Waals surface area contributed by atoms with Gasteiger partial charge in [0.2, 0.25) is 12.0 Å². The third-order valence-electron chi connectivity index (χ3n) is 3.40. The van der Waals surface area contributed by atoms with Crippen molar-refractivity contribution in [1.82, 2.24) is 0 Å². The molecule has 0 bridgehead atoms. The summed E-state index contributed by atoms with van der Waals surface area (Å²) >= 11 is 0. The number of carboxylic acid groups (broad SMARTS) is 1. The minimum Gasteiger partial charge on any atom is -0.475 e. The molecule has 2 rings (SSSR count). The van der Waals surface area contributed by atoms with Gasteiger partial charge in [0.15, 0.2) is 0 Å². The third-order valence-corrected chi connectivity index (χ3v) is 3.40. The minimum atomic E-state index is -1.67. The summed E-state index contributed by atoms with van der Waals surface area (Å²) in [5.41, 5.74) is 0.550. The van der Waals surface area contributed by atoms with Crippen LogP contribution < -0.4 is 0 Å². The van der Waals surface area contributed by atoms with Crippen LogP contribution in [0.1, 0.15) is 5.56 Å². The number of ether oxygens (including phenoxy) is 2. The largest absolute Gasteiger partial charge is 0.475 e. The number of aliphatic hydroxyl groups excluding tert-OH is 4. The van der Waals surface area contributed by atoms with Crippen LogP contribution in [0.2, 0.25) is 0 Å². The molecule has 0 aliphatic carbocycles. The summed E-state index contributed by atoms with van der Waals surface area (Å²) in [5.74, 6) is -1.91. The number of hydrogen-bond acceptors (Lipinski definition) is 7. The van der Waals surface area contributed by atoms with Gasteiger partial charge in [-0.05, 0) is 11.6 Å². The van der Waals surface area contributed by atoms with Crippen LogP contribution in [0.15, 0.2) is 36.1 Å². The molecule has 126 valence electrons. The number of rotatable bonds is 5. The van der Waals surface area contributed by atoms with Gasteiger partial charge in [0.25, 0.3) is 0 Å². The summed E-state index contributed by atoms with van der Waals surface area (Å²) in [6.07, 6.45) is -6.35. The molecular formula is C15H18O8. The highest BCUT2D eigenvalue weighted by Crippen LogP contribution is 2.24. The zero-order valence-electron chi connectivity index (χ0n) is 12.0. The van der Waals surface area contributed by atoms with Crippen LogP contribution in [-0.4, -0.2) is 68.8 Å². The second-order valence-electron chi connectivity index (χ2n) is 5.04. The van der Waals surface area contributed by atoms with Crippen molar-refractivity contribution in [3.05, 3.63) is 41.7 Å². The SMILES string of the molecule is O=C(O)C(=Cc1ccccc1)OC1O[C@H](CO)[C@@H](O)[C@H](O)[C@H]1O. The number of aliphatic carboxylic acids is 1. The van der Waals surface area contributed by atoms with Gasteiger partial charge in [-0.25, -0.2) is 4.79 Å². The number of carboxylic acids is 1. The monoisotopic (exact) mass is 326 g/mol. The molecule has 1 aliphatic rings. The molecule has 5 atom stereocenters. The van der Waals surface area contributed by atoms with Crippen molar-refractivity contribution in [3.8, 4) is 0 Å². The Morgan fingerprint density at radius 3 is 2.35 bits per heavy atom. The fraction of sp³-hybridized carbons (Fsp3) is 0.400. The molecule has 0 spiro atoms. The van der Waals surface area contributed by atoms with Crippen molar-refractivity contribution in [2.75, 3.05) is 6.61 Å². The molecule has 1 saturated heterocycles. The molecule has 8 heteroatoms. The average molecular weight is 326 g/mol. The maximum atomic E-state index is 11.3. The zero-order chi connectivity index (χ0) is 17.0. The van der Waals surface area contributed by atoms with Crippen LogP contribution in [0.25, 0.3) is 6.08 Å². The lowest BCUT2D eigenvalue weighted by atomic mass is 9.99. The van der Waals surface area contributed by atoms with E-state index in [-0.39, 0.29) is 0 Å². The Hall–Kier alpha value is -1.97. The maximum Gasteiger partial charge on any atom is 0.371 e. The lowest BCUT2D eigenvalue weighted by Gasteiger charge is -2.39. The van der Waals surface area contributed by atoms with E-state index < -0.39 is 49.0 Å². The summed E-state index contributed by atoms with van der Waals surface area (Å²) in [5, 5.41) is 47.5. The van der Waals surface area contributed by atoms with E-state index in [1.165, 1.54) is 6.08 Å². The smallest absolute Gasteiger partial charge is 0.371 e. The molecular weight excluding hydrogens is 308 g/mol. The molecule has 1 fully saturated rings. The van der Waals surface area contributed by atoms with E-state index in [0.29, 0.717) is 5.56 Å². The van der Waals surface area contributed by atoms with Crippen molar-refractivity contribution >= 4 is 12.0 Å². The van der Waals surface area contributed by atoms with Gasteiger partial charge in [0.05, 0.1) is 6.61 Å². The fourth-order valence-corrected chi connectivity index (χ4v) is 2.14. The highest BCUT2D eigenvalue weighted by molar-refractivity contribution is 5.89. The molecule has 5 N–H and O–H groups in total. The highest BCUT2D eigenvalue weighted by Gasteiger charge is 2.45. The topological polar surface area (TPSA) is 137 Å². The predicted octanol–water partition coefficient (Wildman–Crippen LogP) is -1.07. The van der Waals surface area contributed by atoms with Crippen LogP contribution in [0.5, 0.6) is 0 Å². The number of hydrogen-bond donors (Lipinski definition) is 5. The number of aliphatic hydroxyl groups is 4. The van der Waals surface area contributed by atoms with Crippen molar-refractivity contribution in [2.45, 2.75) is 30.7 Å². The first-order valence-corrected chi connectivity index (χ1v) is 6.91. The lowest BCUT2D eigenvalue weighted by Crippen LogP contribution is -2.59. The van der Waals surface area contributed by atoms with Crippen molar-refractivity contribution in [1.29, 1.82) is 0 Å². The second-order valence-corrected chi connectivity index (χ2v) is 5.04. The maximum absolute atomic E-state index is 11.3. The Balaban J connectivity index is 2.19. The fourth-order valence-electron chi connectivity index (χ4n) is 2.14. The van der Waals surface area contributed by atoms with Crippen LogP contribution in [0.4, 0.5) is 0 Å². The van der Waals surface area contributed by atoms with Gasteiger partial charge >= 0.3 is 5.97 Å². The van der Waals surface area contributed by atoms with E-state index in [1.54, 1.807) is 30.3 Å². The van der Waals surface area contributed by atoms with Gasteiger partial charge in [-0.1, -0.05) is 30.3 Å². The van der Waals surface area contributed by atoms with Gasteiger partial charge in [-0.15, -0.1) is 0 Å². The van der Waals surface area contributed by atoms with E-state index in [2.05, 4.69) is 0 Å². The molecule has 0 aromatic heterocycles. The molecule has 23 heavy (non-hydrogen) atoms. The number of benzene rings is 1. The summed E-state index contributed by atoms with van der Waals surface area (Å²) < 4.78 is 10.2. The predicted molar refractivity (Wildman–Crippen MR) is 76.9 cm³/mol. The molecule has 1 aromatic rings. The van der Waals surface area contributed by atoms with E-state index in [1.807, 2.05) is 0 Å². The van der Waals surface area contributed by atoms with E-state index >= 15 is 0 Å². The lowest BCUT2D eigenvalue weighted by molar-refractivity contribution is -0.291. The second kappa shape index (κ2) is 7.53. The molecule has 0 amide bonds. The van der Waals surface area contributed by atoms with Gasteiger partial charge in [-0.2, -0.15) is 0 Å². The summed E-state index contributed by atoms with van der Waals surface area (Å²) in [6.45, 7) is -0.629. The molecule has 8 nitrogen and oxygen atoms in total. The first kappa shape index (κ1) is 17.4. The molecule has 1 aliphatic heterocycles. The number of carbonyl (C=O) groups is 1. The van der Waals surface area contributed by atoms with E-state index in [0.717, 1.165) is 0 Å². The minimum absolute atomic E-state index is 0.513. The Morgan fingerprint density at radius 2 is 1.78 bits per heavy atom. The highest BCUT2D eigenvalue weighted by atomic mass is 16.7. The quantitative estimate of drug-likeness (QED) is 0.341. The molecule has 1 heterocycles. The molecule has 1 unspecified atom stereocenters. The van der Waals surface area contributed by atoms with Crippen molar-refractivity contribution in [3.63, 3.8) is 0 Å². The normalized spacial score (nSPS) is 31.7. The Morgan fingerprint density at radius 1 is 1.13 bits per heavy atom. The van der Waals surface area contributed by atoms with Crippen LogP contribution in [0.3, 0.4) is 0 Å². The average Bonchev–Trinajstić information content (AvgIpc) is 2.55. The summed E-state index contributed by atoms with van der Waals surface area (Å²) in [6, 6.07) is 8.48. The van der Waals surface area contributed by atoms with E-state index in [4.69, 9.17) is 14.6 Å².